The summed E-state index contributed by atoms with van der Waals surface area (Å²) in [5.74, 6) is 0.389. The lowest BCUT2D eigenvalue weighted by molar-refractivity contribution is -0.385. The molecule has 0 saturated carbocycles. The summed E-state index contributed by atoms with van der Waals surface area (Å²) in [6.45, 7) is 0. The molecule has 0 amide bonds. The number of hydrogen-bond acceptors (Lipinski definition) is 6. The number of halogens is 1. The Kier molecular flexibility index (Phi) is 4.86. The number of aromatic nitrogens is 2. The van der Waals surface area contributed by atoms with Gasteiger partial charge < -0.3 is 10.1 Å². The topological polar surface area (TPSA) is 90.2 Å². The molecule has 4 aromatic rings. The smallest absolute Gasteiger partial charge is 0.373 e. The van der Waals surface area contributed by atoms with E-state index in [4.69, 9.17) is 4.74 Å². The first kappa shape index (κ1) is 17.9. The van der Waals surface area contributed by atoms with E-state index < -0.39 is 4.92 Å². The van der Waals surface area contributed by atoms with Gasteiger partial charge in [0.2, 0.25) is 5.82 Å². The second kappa shape index (κ2) is 7.61. The number of nitrogens with one attached hydrogen (secondary N) is 1. The first-order valence-corrected chi connectivity index (χ1v) is 9.09. The fourth-order valence-electron chi connectivity index (χ4n) is 2.77. The molecule has 1 aromatic heterocycles. The number of para-hydroxylation sites is 1. The average Bonchev–Trinajstić information content (AvgIpc) is 2.70. The van der Waals surface area contributed by atoms with Gasteiger partial charge in [0.15, 0.2) is 0 Å². The van der Waals surface area contributed by atoms with Crippen LogP contribution in [0.4, 0.5) is 17.2 Å². The third kappa shape index (κ3) is 3.49. The largest absolute Gasteiger partial charge is 0.433 e. The summed E-state index contributed by atoms with van der Waals surface area (Å²) in [5.41, 5.74) is 0.298. The quantitative estimate of drug-likeness (QED) is 0.312. The zero-order valence-electron chi connectivity index (χ0n) is 14.4. The van der Waals surface area contributed by atoms with Crippen molar-refractivity contribution in [1.29, 1.82) is 0 Å². The fourth-order valence-corrected chi connectivity index (χ4v) is 3.16. The molecule has 0 spiro atoms. The molecule has 0 fully saturated rings. The first-order chi connectivity index (χ1) is 13.6. The lowest BCUT2D eigenvalue weighted by Gasteiger charge is -2.11. The van der Waals surface area contributed by atoms with Crippen LogP contribution < -0.4 is 10.1 Å². The minimum absolute atomic E-state index is 0.0436. The Labute approximate surface area is 168 Å². The highest BCUT2D eigenvalue weighted by atomic mass is 79.9. The van der Waals surface area contributed by atoms with Gasteiger partial charge in [-0.05, 0) is 39.5 Å². The summed E-state index contributed by atoms with van der Waals surface area (Å²) in [5, 5.41) is 16.5. The molecule has 0 aliphatic heterocycles. The number of nitro groups is 1. The van der Waals surface area contributed by atoms with Crippen LogP contribution in [-0.2, 0) is 0 Å². The highest BCUT2D eigenvalue weighted by molar-refractivity contribution is 9.10. The van der Waals surface area contributed by atoms with Gasteiger partial charge in [0.05, 0.1) is 10.6 Å². The Balaban J connectivity index is 1.77. The van der Waals surface area contributed by atoms with Crippen molar-refractivity contribution in [3.05, 3.63) is 87.6 Å². The van der Waals surface area contributed by atoms with Crippen molar-refractivity contribution in [3.8, 4) is 11.6 Å². The molecule has 4 rings (SSSR count). The van der Waals surface area contributed by atoms with Crippen molar-refractivity contribution in [2.75, 3.05) is 5.32 Å². The van der Waals surface area contributed by atoms with E-state index in [0.29, 0.717) is 11.4 Å². The Hall–Kier alpha value is -3.52. The van der Waals surface area contributed by atoms with Crippen LogP contribution in [0.5, 0.6) is 11.6 Å². The van der Waals surface area contributed by atoms with Crippen LogP contribution in [0, 0.1) is 10.1 Å². The van der Waals surface area contributed by atoms with Gasteiger partial charge in [-0.25, -0.2) is 4.98 Å². The Bertz CT molecular complexity index is 1180. The second-order valence-electron chi connectivity index (χ2n) is 5.82. The summed E-state index contributed by atoms with van der Waals surface area (Å²) < 4.78 is 6.60. The molecule has 8 heteroatoms. The Morgan fingerprint density at radius 2 is 1.71 bits per heavy atom. The molecule has 28 heavy (non-hydrogen) atoms. The summed E-state index contributed by atoms with van der Waals surface area (Å²) in [6, 6.07) is 20.4. The lowest BCUT2D eigenvalue weighted by atomic mass is 10.1. The second-order valence-corrected chi connectivity index (χ2v) is 6.67. The van der Waals surface area contributed by atoms with Gasteiger partial charge in [0.1, 0.15) is 12.1 Å². The monoisotopic (exact) mass is 436 g/mol. The van der Waals surface area contributed by atoms with E-state index in [0.717, 1.165) is 15.2 Å². The number of hydrogen-bond donors (Lipinski definition) is 1. The minimum Gasteiger partial charge on any atom is -0.433 e. The molecule has 0 atom stereocenters. The van der Waals surface area contributed by atoms with E-state index in [1.165, 1.54) is 6.33 Å². The van der Waals surface area contributed by atoms with E-state index in [9.17, 15) is 10.1 Å². The summed E-state index contributed by atoms with van der Waals surface area (Å²) in [6.07, 6.45) is 1.23. The van der Waals surface area contributed by atoms with Gasteiger partial charge in [0, 0.05) is 9.86 Å². The predicted octanol–water partition coefficient (Wildman–Crippen LogP) is 5.84. The van der Waals surface area contributed by atoms with E-state index in [2.05, 4.69) is 31.2 Å². The van der Waals surface area contributed by atoms with Crippen LogP contribution in [0.15, 0.2) is 77.5 Å². The molecule has 0 aliphatic carbocycles. The molecule has 1 heterocycles. The van der Waals surface area contributed by atoms with Gasteiger partial charge in [0.25, 0.3) is 0 Å². The molecule has 1 N–H and O–H groups in total. The van der Waals surface area contributed by atoms with Crippen LogP contribution in [-0.4, -0.2) is 14.9 Å². The maximum Gasteiger partial charge on any atom is 0.373 e. The summed E-state index contributed by atoms with van der Waals surface area (Å²) in [7, 11) is 0. The summed E-state index contributed by atoms with van der Waals surface area (Å²) >= 11 is 3.41. The SMILES string of the molecule is O=[N+]([O-])c1c(Nc2ccccc2Br)ncnc1Oc1cccc2ccccc12. The number of benzene rings is 3. The molecular weight excluding hydrogens is 424 g/mol. The van der Waals surface area contributed by atoms with Gasteiger partial charge in [-0.3, -0.25) is 10.1 Å². The van der Waals surface area contributed by atoms with E-state index in [1.807, 2.05) is 54.6 Å². The van der Waals surface area contributed by atoms with Crippen molar-refractivity contribution in [1.82, 2.24) is 9.97 Å². The van der Waals surface area contributed by atoms with Crippen molar-refractivity contribution >= 4 is 43.9 Å². The van der Waals surface area contributed by atoms with Gasteiger partial charge in [-0.1, -0.05) is 48.5 Å². The van der Waals surface area contributed by atoms with E-state index in [1.54, 1.807) is 12.1 Å². The summed E-state index contributed by atoms with van der Waals surface area (Å²) in [4.78, 5) is 19.2. The Morgan fingerprint density at radius 1 is 0.964 bits per heavy atom. The molecule has 0 radical (unpaired) electrons. The molecule has 138 valence electrons. The van der Waals surface area contributed by atoms with E-state index >= 15 is 0 Å². The number of ether oxygens (including phenoxy) is 1. The number of fused-ring (bicyclic) bond motifs is 1. The average molecular weight is 437 g/mol. The van der Waals surface area contributed by atoms with Gasteiger partial charge in [-0.2, -0.15) is 4.98 Å². The standard InChI is InChI=1S/C20H13BrN4O3/c21-15-9-3-4-10-16(15)24-19-18(25(26)27)20(23-12-22-19)28-17-11-5-7-13-6-1-2-8-14(13)17/h1-12H,(H,22,23,24). The first-order valence-electron chi connectivity index (χ1n) is 8.30. The molecule has 0 aliphatic rings. The van der Waals surface area contributed by atoms with Crippen LogP contribution in [0.3, 0.4) is 0 Å². The van der Waals surface area contributed by atoms with Crippen LogP contribution >= 0.6 is 15.9 Å². The zero-order chi connectivity index (χ0) is 19.5. The molecular formula is C20H13BrN4O3. The molecule has 0 bridgehead atoms. The fraction of sp³-hybridized carbons (Fsp3) is 0. The van der Waals surface area contributed by atoms with Crippen LogP contribution in [0.1, 0.15) is 0 Å². The number of nitrogens with zero attached hydrogens (tertiary/aromatic N) is 3. The third-order valence-corrected chi connectivity index (χ3v) is 4.75. The normalized spacial score (nSPS) is 10.6. The Morgan fingerprint density at radius 3 is 2.54 bits per heavy atom. The molecule has 7 nitrogen and oxygen atoms in total. The number of rotatable bonds is 5. The molecule has 0 saturated heterocycles. The van der Waals surface area contributed by atoms with Crippen molar-refractivity contribution in [3.63, 3.8) is 0 Å². The lowest BCUT2D eigenvalue weighted by Crippen LogP contribution is -2.04. The van der Waals surface area contributed by atoms with E-state index in [-0.39, 0.29) is 17.4 Å². The molecule has 0 unspecified atom stereocenters. The maximum absolute atomic E-state index is 11.8. The maximum atomic E-state index is 11.8. The van der Waals surface area contributed by atoms with Gasteiger partial charge in [-0.15, -0.1) is 0 Å². The third-order valence-electron chi connectivity index (χ3n) is 4.05. The van der Waals surface area contributed by atoms with Crippen LogP contribution in [0.25, 0.3) is 10.8 Å². The van der Waals surface area contributed by atoms with Crippen molar-refractivity contribution < 1.29 is 9.66 Å². The highest BCUT2D eigenvalue weighted by Gasteiger charge is 2.26. The van der Waals surface area contributed by atoms with Crippen LogP contribution in [0.2, 0.25) is 0 Å². The minimum atomic E-state index is -0.556. The van der Waals surface area contributed by atoms with Gasteiger partial charge >= 0.3 is 11.6 Å². The molecule has 3 aromatic carbocycles. The van der Waals surface area contributed by atoms with Crippen molar-refractivity contribution in [2.24, 2.45) is 0 Å². The zero-order valence-corrected chi connectivity index (χ0v) is 16.0. The number of anilines is 2. The predicted molar refractivity (Wildman–Crippen MR) is 110 cm³/mol. The highest BCUT2D eigenvalue weighted by Crippen LogP contribution is 2.38. The van der Waals surface area contributed by atoms with Crippen molar-refractivity contribution in [2.45, 2.75) is 0 Å².